The average molecular weight is 381 g/mol. The van der Waals surface area contributed by atoms with Crippen LogP contribution in [-0.2, 0) is 4.79 Å². The first-order valence-corrected chi connectivity index (χ1v) is 9.26. The third-order valence-electron chi connectivity index (χ3n) is 5.15. The Morgan fingerprint density at radius 3 is 2.46 bits per heavy atom. The van der Waals surface area contributed by atoms with Gasteiger partial charge in [0.25, 0.3) is 0 Å². The van der Waals surface area contributed by atoms with Crippen molar-refractivity contribution in [3.05, 3.63) is 30.3 Å². The monoisotopic (exact) mass is 380 g/mol. The van der Waals surface area contributed by atoms with E-state index in [2.05, 4.69) is 22.9 Å². The van der Waals surface area contributed by atoms with E-state index >= 15 is 0 Å². The molecule has 0 aromatic heterocycles. The number of likely N-dealkylation sites (tertiary alicyclic amines) is 1. The Bertz CT molecular complexity index is 590. The number of anilines is 1. The van der Waals surface area contributed by atoms with Gasteiger partial charge in [0.2, 0.25) is 5.91 Å². The van der Waals surface area contributed by atoms with Crippen molar-refractivity contribution in [3.63, 3.8) is 0 Å². The molecule has 26 heavy (non-hydrogen) atoms. The molecular formula is C19H29ClN4O2. The summed E-state index contributed by atoms with van der Waals surface area (Å²) in [6.07, 6.45) is 3.45. The first-order chi connectivity index (χ1) is 12.1. The molecule has 1 aromatic rings. The molecule has 0 bridgehead atoms. The predicted molar refractivity (Wildman–Crippen MR) is 106 cm³/mol. The highest BCUT2D eigenvalue weighted by Crippen LogP contribution is 2.18. The molecule has 3 amide bonds. The number of amides is 3. The minimum atomic E-state index is -0.0665. The minimum Gasteiger partial charge on any atom is -0.353 e. The van der Waals surface area contributed by atoms with Gasteiger partial charge in [-0.05, 0) is 51.3 Å². The molecule has 2 atom stereocenters. The van der Waals surface area contributed by atoms with Gasteiger partial charge in [-0.15, -0.1) is 12.4 Å². The molecule has 0 unspecified atom stereocenters. The zero-order valence-electron chi connectivity index (χ0n) is 15.2. The lowest BCUT2D eigenvalue weighted by Crippen LogP contribution is -2.50. The van der Waals surface area contributed by atoms with E-state index in [1.807, 2.05) is 35.2 Å². The topological polar surface area (TPSA) is 73.5 Å². The highest BCUT2D eigenvalue weighted by Gasteiger charge is 2.28. The van der Waals surface area contributed by atoms with Crippen molar-refractivity contribution in [2.75, 3.05) is 25.0 Å². The van der Waals surface area contributed by atoms with E-state index in [4.69, 9.17) is 0 Å². The highest BCUT2D eigenvalue weighted by atomic mass is 35.5. The van der Waals surface area contributed by atoms with Crippen molar-refractivity contribution >= 4 is 30.0 Å². The highest BCUT2D eigenvalue weighted by molar-refractivity contribution is 5.89. The van der Waals surface area contributed by atoms with Gasteiger partial charge in [0.05, 0.1) is 0 Å². The summed E-state index contributed by atoms with van der Waals surface area (Å²) in [6, 6.07) is 10.0. The van der Waals surface area contributed by atoms with Gasteiger partial charge in [-0.2, -0.15) is 0 Å². The number of urea groups is 1. The van der Waals surface area contributed by atoms with Gasteiger partial charge in [0.1, 0.15) is 0 Å². The Morgan fingerprint density at radius 1 is 1.12 bits per heavy atom. The Kier molecular flexibility index (Phi) is 7.72. The van der Waals surface area contributed by atoms with Gasteiger partial charge in [0, 0.05) is 36.8 Å². The van der Waals surface area contributed by atoms with Gasteiger partial charge in [0.15, 0.2) is 0 Å². The van der Waals surface area contributed by atoms with Crippen LogP contribution in [0.2, 0.25) is 0 Å². The number of para-hydroxylation sites is 1. The number of carbonyl (C=O) groups is 2. The van der Waals surface area contributed by atoms with E-state index in [1.165, 1.54) is 0 Å². The lowest BCUT2D eigenvalue weighted by molar-refractivity contribution is -0.127. The fourth-order valence-corrected chi connectivity index (χ4v) is 3.64. The number of halogens is 1. The SMILES string of the molecule is C[C@H]1C[C@@H](C(=O)NC2CCN(C(=O)Nc3ccccc3)CC2)CCN1.Cl. The number of nitrogens with one attached hydrogen (secondary N) is 3. The van der Waals surface area contributed by atoms with Crippen LogP contribution in [0.15, 0.2) is 30.3 Å². The van der Waals surface area contributed by atoms with Crippen molar-refractivity contribution < 1.29 is 9.59 Å². The van der Waals surface area contributed by atoms with Crippen LogP contribution in [0.4, 0.5) is 10.5 Å². The molecule has 3 N–H and O–H groups in total. The van der Waals surface area contributed by atoms with Crippen LogP contribution in [0.1, 0.15) is 32.6 Å². The molecule has 6 nitrogen and oxygen atoms in total. The number of benzene rings is 1. The largest absolute Gasteiger partial charge is 0.353 e. The van der Waals surface area contributed by atoms with Crippen LogP contribution in [0.3, 0.4) is 0 Å². The smallest absolute Gasteiger partial charge is 0.321 e. The second-order valence-corrected chi connectivity index (χ2v) is 7.14. The van der Waals surface area contributed by atoms with Gasteiger partial charge < -0.3 is 20.9 Å². The molecule has 2 aliphatic heterocycles. The van der Waals surface area contributed by atoms with Crippen molar-refractivity contribution in [2.24, 2.45) is 5.92 Å². The van der Waals surface area contributed by atoms with E-state index in [0.29, 0.717) is 19.1 Å². The van der Waals surface area contributed by atoms with Crippen LogP contribution < -0.4 is 16.0 Å². The van der Waals surface area contributed by atoms with Gasteiger partial charge in [-0.3, -0.25) is 4.79 Å². The number of nitrogens with zero attached hydrogens (tertiary/aromatic N) is 1. The predicted octanol–water partition coefficient (Wildman–Crippen LogP) is 2.61. The number of rotatable bonds is 3. The van der Waals surface area contributed by atoms with Gasteiger partial charge in [-0.1, -0.05) is 18.2 Å². The third kappa shape index (κ3) is 5.61. The average Bonchev–Trinajstić information content (AvgIpc) is 2.63. The summed E-state index contributed by atoms with van der Waals surface area (Å²) < 4.78 is 0. The molecular weight excluding hydrogens is 352 g/mol. The van der Waals surface area contributed by atoms with Crippen LogP contribution in [0, 0.1) is 5.92 Å². The molecule has 2 aliphatic rings. The summed E-state index contributed by atoms with van der Waals surface area (Å²) in [5.74, 6) is 0.302. The van der Waals surface area contributed by atoms with Gasteiger partial charge in [-0.25, -0.2) is 4.79 Å². The number of hydrogen-bond acceptors (Lipinski definition) is 3. The van der Waals surface area contributed by atoms with Crippen LogP contribution in [-0.4, -0.2) is 48.6 Å². The molecule has 2 heterocycles. The Balaban J connectivity index is 0.00000243. The summed E-state index contributed by atoms with van der Waals surface area (Å²) >= 11 is 0. The first kappa shape index (κ1) is 20.5. The summed E-state index contributed by atoms with van der Waals surface area (Å²) in [5.41, 5.74) is 0.808. The Labute approximate surface area is 161 Å². The molecule has 0 saturated carbocycles. The lowest BCUT2D eigenvalue weighted by atomic mass is 9.92. The molecule has 2 saturated heterocycles. The van der Waals surface area contributed by atoms with Crippen molar-refractivity contribution in [3.8, 4) is 0 Å². The lowest BCUT2D eigenvalue weighted by Gasteiger charge is -2.34. The number of hydrogen-bond donors (Lipinski definition) is 3. The number of piperidine rings is 2. The molecule has 0 aliphatic carbocycles. The van der Waals surface area contributed by atoms with E-state index in [1.54, 1.807) is 0 Å². The van der Waals surface area contributed by atoms with E-state index < -0.39 is 0 Å². The fourth-order valence-electron chi connectivity index (χ4n) is 3.64. The van der Waals surface area contributed by atoms with Crippen molar-refractivity contribution in [1.82, 2.24) is 15.5 Å². The van der Waals surface area contributed by atoms with Crippen LogP contribution in [0.25, 0.3) is 0 Å². The molecule has 0 spiro atoms. The van der Waals surface area contributed by atoms with Crippen LogP contribution in [0.5, 0.6) is 0 Å². The molecule has 2 fully saturated rings. The Hall–Kier alpha value is -1.79. The quantitative estimate of drug-likeness (QED) is 0.754. The zero-order valence-corrected chi connectivity index (χ0v) is 16.1. The first-order valence-electron chi connectivity index (χ1n) is 9.26. The second kappa shape index (κ2) is 9.78. The fraction of sp³-hybridized carbons (Fsp3) is 0.579. The summed E-state index contributed by atoms with van der Waals surface area (Å²) in [6.45, 7) is 4.39. The molecule has 0 radical (unpaired) electrons. The summed E-state index contributed by atoms with van der Waals surface area (Å²) in [4.78, 5) is 26.6. The van der Waals surface area contributed by atoms with E-state index in [9.17, 15) is 9.59 Å². The van der Waals surface area contributed by atoms with Crippen molar-refractivity contribution in [1.29, 1.82) is 0 Å². The second-order valence-electron chi connectivity index (χ2n) is 7.14. The summed E-state index contributed by atoms with van der Waals surface area (Å²) in [7, 11) is 0. The number of carbonyl (C=O) groups excluding carboxylic acids is 2. The molecule has 1 aromatic carbocycles. The maximum absolute atomic E-state index is 12.4. The van der Waals surface area contributed by atoms with Crippen LogP contribution >= 0.6 is 12.4 Å². The molecule has 144 valence electrons. The molecule has 3 rings (SSSR count). The normalized spacial score (nSPS) is 23.7. The zero-order chi connectivity index (χ0) is 17.6. The summed E-state index contributed by atoms with van der Waals surface area (Å²) in [5, 5.41) is 9.49. The van der Waals surface area contributed by atoms with Gasteiger partial charge >= 0.3 is 6.03 Å². The van der Waals surface area contributed by atoms with Crippen molar-refractivity contribution in [2.45, 2.75) is 44.7 Å². The maximum atomic E-state index is 12.4. The third-order valence-corrected chi connectivity index (χ3v) is 5.15. The minimum absolute atomic E-state index is 0. The maximum Gasteiger partial charge on any atom is 0.321 e. The standard InChI is InChI=1S/C19H28N4O2.ClH/c1-14-13-15(7-10-20-14)18(24)21-17-8-11-23(12-9-17)19(25)22-16-5-3-2-4-6-16;/h2-6,14-15,17,20H,7-13H2,1H3,(H,21,24)(H,22,25);1H/t14-,15-;/m0./s1. The molecule has 7 heteroatoms. The van der Waals surface area contributed by atoms with E-state index in [-0.39, 0.29) is 36.3 Å². The Morgan fingerprint density at radius 2 is 1.81 bits per heavy atom. The van der Waals surface area contributed by atoms with E-state index in [0.717, 1.165) is 37.9 Å².